The minimum absolute atomic E-state index is 0. The summed E-state index contributed by atoms with van der Waals surface area (Å²) in [5.41, 5.74) is 0. The van der Waals surface area contributed by atoms with Crippen LogP contribution in [0.1, 0.15) is 35.0 Å². The summed E-state index contributed by atoms with van der Waals surface area (Å²) in [6.07, 6.45) is 4.72. The molecule has 1 saturated carbocycles. The third kappa shape index (κ3) is 10.4. The van der Waals surface area contributed by atoms with E-state index in [1.165, 1.54) is 6.42 Å². The normalized spacial score (nSPS) is 17.2. The summed E-state index contributed by atoms with van der Waals surface area (Å²) in [4.78, 5) is 0. The predicted octanol–water partition coefficient (Wildman–Crippen LogP) is -6.05. The Hall–Kier alpha value is 1.83. The third-order valence-corrected chi connectivity index (χ3v) is 2.36. The van der Waals surface area contributed by atoms with Gasteiger partial charge in [-0.1, -0.05) is 19.3 Å². The van der Waals surface area contributed by atoms with Crippen molar-refractivity contribution in [1.82, 2.24) is 0 Å². The van der Waals surface area contributed by atoms with Crippen molar-refractivity contribution in [3.05, 3.63) is 0 Å². The van der Waals surface area contributed by atoms with E-state index >= 15 is 0 Å². The van der Waals surface area contributed by atoms with E-state index in [2.05, 4.69) is 4.18 Å². The van der Waals surface area contributed by atoms with Crippen LogP contribution in [0.3, 0.4) is 0 Å². The molecule has 0 aromatic rings. The zero-order chi connectivity index (χ0) is 8.32. The Labute approximate surface area is 132 Å². The molecule has 1 fully saturated rings. The van der Waals surface area contributed by atoms with Gasteiger partial charge in [-0.25, -0.2) is 5.14 Å². The van der Waals surface area contributed by atoms with E-state index in [0.717, 1.165) is 25.7 Å². The monoisotopic (exact) mass is 245 g/mol. The van der Waals surface area contributed by atoms with Gasteiger partial charge in [0.15, 0.2) is 0 Å². The van der Waals surface area contributed by atoms with Gasteiger partial charge in [0.05, 0.1) is 6.10 Å². The van der Waals surface area contributed by atoms with Gasteiger partial charge in [-0.2, -0.15) is 8.42 Å². The fraction of sp³-hybridized carbons (Fsp3) is 1.00. The summed E-state index contributed by atoms with van der Waals surface area (Å²) in [7, 11) is -3.72. The first-order chi connectivity index (χ1) is 5.08. The Kier molecular flexibility index (Phi) is 15.1. The molecule has 1 aliphatic carbocycles. The zero-order valence-electron chi connectivity index (χ0n) is 10.8. The fourth-order valence-corrected chi connectivity index (χ4v) is 1.92. The van der Waals surface area contributed by atoms with Crippen LogP contribution in [0.25, 0.3) is 0 Å². The van der Waals surface area contributed by atoms with Crippen LogP contribution in [-0.4, -0.2) is 20.0 Å². The Morgan fingerprint density at radius 3 is 1.93 bits per heavy atom. The van der Waals surface area contributed by atoms with Gasteiger partial charge in [-0.15, -0.1) is 0 Å². The van der Waals surface area contributed by atoms with E-state index in [-0.39, 0.29) is 73.5 Å². The van der Waals surface area contributed by atoms with E-state index in [9.17, 15) is 8.42 Å². The second-order valence-corrected chi connectivity index (χ2v) is 4.03. The Morgan fingerprint density at radius 2 is 1.57 bits per heavy atom. The van der Waals surface area contributed by atoms with Crippen molar-refractivity contribution < 1.29 is 80.0 Å². The summed E-state index contributed by atoms with van der Waals surface area (Å²) >= 11 is 0. The van der Waals surface area contributed by atoms with E-state index in [0.29, 0.717) is 0 Å². The van der Waals surface area contributed by atoms with Crippen molar-refractivity contribution in [3.63, 3.8) is 0 Å². The molecule has 1 aliphatic rings. The molecule has 78 valence electrons. The molecule has 0 radical (unpaired) electrons. The molecule has 0 aromatic carbocycles. The Bertz CT molecular complexity index is 225. The maximum atomic E-state index is 10.5. The molecule has 0 aliphatic heterocycles. The van der Waals surface area contributed by atoms with Crippen molar-refractivity contribution in [1.29, 1.82) is 0 Å². The largest absolute Gasteiger partial charge is 1.00 e. The molecule has 0 unspecified atom stereocenters. The average molecular weight is 245 g/mol. The number of rotatable bonds is 2. The van der Waals surface area contributed by atoms with Crippen LogP contribution in [0.5, 0.6) is 0 Å². The van der Waals surface area contributed by atoms with Gasteiger partial charge < -0.3 is 8.33 Å². The topological polar surface area (TPSA) is 101 Å². The fourth-order valence-electron chi connectivity index (χ4n) is 1.35. The standard InChI is InChI=1S/C6H13NO3S.2Na.H2O.2H/c7-11(8,9)10-6-4-2-1-3-5-6;;;;;/h6H,1-5H2,(H2,7,8,9);;;1H2;;/q;2*+1;;2*-1. The number of nitrogens with two attached hydrogens (primary N) is 1. The SMILES string of the molecule is NS(=O)(=O)OC1CCCCC1.O.[H-].[H-].[Na+].[Na+]. The van der Waals surface area contributed by atoms with E-state index in [1.54, 1.807) is 0 Å². The van der Waals surface area contributed by atoms with Gasteiger partial charge in [0.2, 0.25) is 0 Å². The molecule has 8 heteroatoms. The molecule has 0 atom stereocenters. The van der Waals surface area contributed by atoms with Crippen molar-refractivity contribution in [2.24, 2.45) is 5.14 Å². The van der Waals surface area contributed by atoms with Gasteiger partial charge in [0, 0.05) is 0 Å². The van der Waals surface area contributed by atoms with Crippen LogP contribution in [0.2, 0.25) is 0 Å². The van der Waals surface area contributed by atoms with Crippen molar-refractivity contribution in [3.8, 4) is 0 Å². The Balaban J connectivity index is -0.0000000807. The molecule has 0 spiro atoms. The predicted molar refractivity (Wildman–Crippen MR) is 46.9 cm³/mol. The minimum Gasteiger partial charge on any atom is -1.00 e. The van der Waals surface area contributed by atoms with Gasteiger partial charge in [0.25, 0.3) is 0 Å². The number of hydrogen-bond acceptors (Lipinski definition) is 3. The smallest absolute Gasteiger partial charge is 1.00 e. The van der Waals surface area contributed by atoms with Crippen LogP contribution in [0.15, 0.2) is 0 Å². The summed E-state index contributed by atoms with van der Waals surface area (Å²) in [5.74, 6) is 0. The molecule has 0 saturated heterocycles. The van der Waals surface area contributed by atoms with Gasteiger partial charge in [-0.05, 0) is 12.8 Å². The van der Waals surface area contributed by atoms with Crippen LogP contribution in [0.4, 0.5) is 0 Å². The molecule has 0 heterocycles. The van der Waals surface area contributed by atoms with E-state index in [1.807, 2.05) is 0 Å². The zero-order valence-corrected chi connectivity index (χ0v) is 13.6. The van der Waals surface area contributed by atoms with E-state index < -0.39 is 10.3 Å². The van der Waals surface area contributed by atoms with Crippen LogP contribution in [0, 0.1) is 0 Å². The molecular formula is C6H17NNa2O4S. The summed E-state index contributed by atoms with van der Waals surface area (Å²) in [6, 6.07) is 0. The first kappa shape index (κ1) is 21.1. The quantitative estimate of drug-likeness (QED) is 0.490. The van der Waals surface area contributed by atoms with Crippen LogP contribution >= 0.6 is 0 Å². The molecule has 0 amide bonds. The summed E-state index contributed by atoms with van der Waals surface area (Å²) in [6.45, 7) is 0. The molecule has 5 nitrogen and oxygen atoms in total. The van der Waals surface area contributed by atoms with Crippen LogP contribution in [-0.2, 0) is 14.5 Å². The Morgan fingerprint density at radius 1 is 1.14 bits per heavy atom. The minimum atomic E-state index is -3.72. The van der Waals surface area contributed by atoms with Gasteiger partial charge in [0.1, 0.15) is 0 Å². The van der Waals surface area contributed by atoms with Crippen molar-refractivity contribution in [2.45, 2.75) is 38.2 Å². The summed E-state index contributed by atoms with van der Waals surface area (Å²) < 4.78 is 25.5. The molecule has 4 N–H and O–H groups in total. The molecular weight excluding hydrogens is 228 g/mol. The van der Waals surface area contributed by atoms with E-state index in [4.69, 9.17) is 5.14 Å². The average Bonchev–Trinajstić information content (AvgIpc) is 1.85. The van der Waals surface area contributed by atoms with Gasteiger partial charge >= 0.3 is 69.4 Å². The molecule has 14 heavy (non-hydrogen) atoms. The number of hydrogen-bond donors (Lipinski definition) is 1. The second kappa shape index (κ2) is 10.0. The van der Waals surface area contributed by atoms with Crippen molar-refractivity contribution >= 4 is 10.3 Å². The maximum Gasteiger partial charge on any atom is 1.00 e. The molecule has 0 bridgehead atoms. The first-order valence-corrected chi connectivity index (χ1v) is 5.26. The second-order valence-electron chi connectivity index (χ2n) is 2.85. The first-order valence-electron chi connectivity index (χ1n) is 3.79. The molecule has 0 aromatic heterocycles. The third-order valence-electron chi connectivity index (χ3n) is 1.82. The van der Waals surface area contributed by atoms with Crippen molar-refractivity contribution in [2.75, 3.05) is 0 Å². The summed E-state index contributed by atoms with van der Waals surface area (Å²) in [5, 5.41) is 4.72. The maximum absolute atomic E-state index is 10.5. The van der Waals surface area contributed by atoms with Gasteiger partial charge in [-0.3, -0.25) is 4.18 Å². The van der Waals surface area contributed by atoms with Crippen LogP contribution < -0.4 is 64.3 Å². The molecule has 1 rings (SSSR count).